The van der Waals surface area contributed by atoms with E-state index >= 15 is 0 Å². The van der Waals surface area contributed by atoms with Crippen LogP contribution in [0, 0.1) is 11.2 Å². The number of thiazole rings is 1. The second kappa shape index (κ2) is 7.99. The number of carboxylic acid groups (broad SMARTS) is 1. The van der Waals surface area contributed by atoms with E-state index in [4.69, 9.17) is 9.26 Å². The minimum absolute atomic E-state index is 0.0387. The number of carboxylic acids is 1. The molecule has 4 heterocycles. The molecule has 3 aliphatic carbocycles. The zero-order valence-electron chi connectivity index (χ0n) is 20.6. The summed E-state index contributed by atoms with van der Waals surface area (Å²) in [7, 11) is 0. The third kappa shape index (κ3) is 3.72. The Kier molecular flexibility index (Phi) is 4.85. The quantitative estimate of drug-likeness (QED) is 0.385. The molecule has 2 saturated heterocycles. The van der Waals surface area contributed by atoms with Crippen molar-refractivity contribution in [3.05, 3.63) is 40.5 Å². The van der Waals surface area contributed by atoms with Gasteiger partial charge in [-0.05, 0) is 81.8 Å². The summed E-state index contributed by atoms with van der Waals surface area (Å²) in [4.78, 5) is 18.3. The molecule has 8 rings (SSSR count). The molecule has 7 nitrogen and oxygen atoms in total. The van der Waals surface area contributed by atoms with Crippen LogP contribution in [0.5, 0.6) is 0 Å². The van der Waals surface area contributed by atoms with Crippen LogP contribution in [0.1, 0.15) is 103 Å². The molecule has 1 N–H and O–H groups in total. The van der Waals surface area contributed by atoms with Gasteiger partial charge in [-0.3, -0.25) is 0 Å². The maximum atomic E-state index is 14.6. The summed E-state index contributed by atoms with van der Waals surface area (Å²) in [6, 6.07) is 3.20. The normalized spacial score (nSPS) is 28.2. The largest absolute Gasteiger partial charge is 0.478 e. The highest BCUT2D eigenvalue weighted by Crippen LogP contribution is 2.66. The number of ether oxygens (including phenoxy) is 1. The molecule has 9 heteroatoms. The lowest BCUT2D eigenvalue weighted by Gasteiger charge is -2.39. The van der Waals surface area contributed by atoms with Gasteiger partial charge in [-0.15, -0.1) is 0 Å². The van der Waals surface area contributed by atoms with E-state index in [2.05, 4.69) is 15.0 Å². The highest BCUT2D eigenvalue weighted by Gasteiger charge is 2.54. The number of nitrogens with zero attached hydrogens (tertiary/aromatic N) is 3. The number of fused-ring (bicyclic) bond motifs is 3. The number of halogens is 1. The van der Waals surface area contributed by atoms with Crippen molar-refractivity contribution < 1.29 is 23.6 Å². The van der Waals surface area contributed by atoms with E-state index in [1.807, 2.05) is 0 Å². The third-order valence-corrected chi connectivity index (χ3v) is 10.6. The molecule has 5 aliphatic rings. The SMILES string of the molecule is O=C(O)c1cc(F)c2nc(N3[C@@H]4CC[C@H]3CC(OCc3c(C5CC6(CC6)C5)noc3C3CC3)C4)sc2c1. The fourth-order valence-electron chi connectivity index (χ4n) is 7.22. The van der Waals surface area contributed by atoms with E-state index in [1.54, 1.807) is 0 Å². The number of piperidine rings is 1. The van der Waals surface area contributed by atoms with Crippen molar-refractivity contribution in [2.45, 2.75) is 101 Å². The molecule has 1 aromatic carbocycles. The first kappa shape index (κ1) is 22.5. The molecule has 2 aliphatic heterocycles. The average molecular weight is 524 g/mol. The molecular formula is C28H30FN3O4S. The lowest BCUT2D eigenvalue weighted by Crippen LogP contribution is -2.45. The molecule has 5 fully saturated rings. The van der Waals surface area contributed by atoms with E-state index in [0.717, 1.165) is 48.3 Å². The molecule has 37 heavy (non-hydrogen) atoms. The predicted octanol–water partition coefficient (Wildman–Crippen LogP) is 6.37. The van der Waals surface area contributed by atoms with Crippen LogP contribution in [0.2, 0.25) is 0 Å². The molecule has 0 amide bonds. The van der Waals surface area contributed by atoms with E-state index < -0.39 is 11.8 Å². The van der Waals surface area contributed by atoms with Crippen LogP contribution in [0.4, 0.5) is 9.52 Å². The van der Waals surface area contributed by atoms with Gasteiger partial charge < -0.3 is 19.3 Å². The van der Waals surface area contributed by atoms with Crippen LogP contribution >= 0.6 is 11.3 Å². The number of carbonyl (C=O) groups is 1. The Balaban J connectivity index is 0.986. The molecular weight excluding hydrogens is 493 g/mol. The molecule has 3 atom stereocenters. The van der Waals surface area contributed by atoms with Crippen LogP contribution in [0.3, 0.4) is 0 Å². The minimum atomic E-state index is -1.13. The molecule has 3 saturated carbocycles. The maximum Gasteiger partial charge on any atom is 0.335 e. The second-order valence-corrected chi connectivity index (χ2v) is 13.1. The topological polar surface area (TPSA) is 88.7 Å². The Hall–Kier alpha value is -2.52. The van der Waals surface area contributed by atoms with Crippen molar-refractivity contribution in [1.29, 1.82) is 0 Å². The van der Waals surface area contributed by atoms with Crippen LogP contribution in [0.15, 0.2) is 16.7 Å². The fourth-order valence-corrected chi connectivity index (χ4v) is 8.38. The number of hydrogen-bond acceptors (Lipinski definition) is 7. The van der Waals surface area contributed by atoms with Crippen LogP contribution in [0.25, 0.3) is 10.2 Å². The Morgan fingerprint density at radius 3 is 2.59 bits per heavy atom. The Morgan fingerprint density at radius 2 is 1.92 bits per heavy atom. The van der Waals surface area contributed by atoms with Crippen molar-refractivity contribution in [2.75, 3.05) is 4.90 Å². The zero-order chi connectivity index (χ0) is 24.9. The van der Waals surface area contributed by atoms with E-state index in [-0.39, 0.29) is 17.2 Å². The fraction of sp³-hybridized carbons (Fsp3) is 0.607. The minimum Gasteiger partial charge on any atom is -0.478 e. The summed E-state index contributed by atoms with van der Waals surface area (Å²) in [6.07, 6.45) is 11.8. The molecule has 2 aromatic heterocycles. The summed E-state index contributed by atoms with van der Waals surface area (Å²) in [6.45, 7) is 0.586. The second-order valence-electron chi connectivity index (χ2n) is 12.1. The van der Waals surface area contributed by atoms with E-state index in [1.165, 1.54) is 61.5 Å². The number of aromatic nitrogens is 2. The van der Waals surface area contributed by atoms with Gasteiger partial charge in [0.25, 0.3) is 0 Å². The van der Waals surface area contributed by atoms with Gasteiger partial charge in [0.05, 0.1) is 28.7 Å². The van der Waals surface area contributed by atoms with Crippen LogP contribution in [-0.4, -0.2) is 39.4 Å². The summed E-state index contributed by atoms with van der Waals surface area (Å²) in [5.74, 6) is 0.437. The number of hydrogen-bond donors (Lipinski definition) is 1. The average Bonchev–Trinajstić information content (AvgIpc) is 3.75. The van der Waals surface area contributed by atoms with Crippen molar-refractivity contribution >= 4 is 32.7 Å². The highest BCUT2D eigenvalue weighted by molar-refractivity contribution is 7.22. The monoisotopic (exact) mass is 523 g/mol. The van der Waals surface area contributed by atoms with Crippen molar-refractivity contribution in [3.8, 4) is 0 Å². The molecule has 194 valence electrons. The Morgan fingerprint density at radius 1 is 1.16 bits per heavy atom. The predicted molar refractivity (Wildman–Crippen MR) is 136 cm³/mol. The van der Waals surface area contributed by atoms with Gasteiger partial charge in [0.15, 0.2) is 10.9 Å². The number of anilines is 1. The van der Waals surface area contributed by atoms with Crippen molar-refractivity contribution in [3.63, 3.8) is 0 Å². The van der Waals surface area contributed by atoms with Gasteiger partial charge in [0.1, 0.15) is 11.3 Å². The third-order valence-electron chi connectivity index (χ3n) is 9.56. The first-order valence-electron chi connectivity index (χ1n) is 13.7. The van der Waals surface area contributed by atoms with Gasteiger partial charge in [-0.25, -0.2) is 14.2 Å². The molecule has 1 unspecified atom stereocenters. The molecule has 2 bridgehead atoms. The zero-order valence-corrected chi connectivity index (χ0v) is 21.4. The number of benzene rings is 1. The molecule has 0 radical (unpaired) electrons. The molecule has 1 spiro atoms. The van der Waals surface area contributed by atoms with Gasteiger partial charge in [0, 0.05) is 29.5 Å². The van der Waals surface area contributed by atoms with Crippen LogP contribution in [-0.2, 0) is 11.3 Å². The molecule has 3 aromatic rings. The van der Waals surface area contributed by atoms with Crippen LogP contribution < -0.4 is 4.90 Å². The van der Waals surface area contributed by atoms with Gasteiger partial charge in [-0.2, -0.15) is 0 Å². The first-order valence-corrected chi connectivity index (χ1v) is 14.5. The van der Waals surface area contributed by atoms with Crippen molar-refractivity contribution in [1.82, 2.24) is 10.1 Å². The van der Waals surface area contributed by atoms with E-state index in [9.17, 15) is 14.3 Å². The van der Waals surface area contributed by atoms with Gasteiger partial charge in [0.2, 0.25) is 0 Å². The summed E-state index contributed by atoms with van der Waals surface area (Å²) < 4.78 is 27.6. The summed E-state index contributed by atoms with van der Waals surface area (Å²) in [5, 5.41) is 14.6. The van der Waals surface area contributed by atoms with Crippen molar-refractivity contribution in [2.24, 2.45) is 5.41 Å². The standard InChI is InChI=1S/C28H30FN3O4S/c29-21-7-15(26(33)34)8-22-24(21)30-27(37-22)32-17-3-4-18(32)10-19(9-17)35-13-20-23(16-11-28(12-16)5-6-28)31-36-25(20)14-1-2-14/h7-8,14,16-19H,1-6,9-13H2,(H,33,34)/t17-,18+,19?. The summed E-state index contributed by atoms with van der Waals surface area (Å²) >= 11 is 1.39. The van der Waals surface area contributed by atoms with E-state index in [0.29, 0.717) is 40.6 Å². The lowest BCUT2D eigenvalue weighted by molar-refractivity contribution is 0.0138. The number of aromatic carboxylic acids is 1. The first-order chi connectivity index (χ1) is 18.0. The summed E-state index contributed by atoms with van der Waals surface area (Å²) in [5.41, 5.74) is 3.25. The Bertz CT molecular complexity index is 1390. The highest BCUT2D eigenvalue weighted by atomic mass is 32.1. The lowest BCUT2D eigenvalue weighted by atomic mass is 9.69. The number of rotatable bonds is 7. The smallest absolute Gasteiger partial charge is 0.335 e. The maximum absolute atomic E-state index is 14.6. The van der Waals surface area contributed by atoms with Gasteiger partial charge in [-0.1, -0.05) is 16.5 Å². The van der Waals surface area contributed by atoms with Gasteiger partial charge >= 0.3 is 5.97 Å². The Labute approximate surface area is 218 Å².